The summed E-state index contributed by atoms with van der Waals surface area (Å²) in [5.41, 5.74) is 2.10. The Morgan fingerprint density at radius 3 is 2.50 bits per heavy atom. The van der Waals surface area contributed by atoms with Crippen LogP contribution in [0.15, 0.2) is 53.6 Å². The van der Waals surface area contributed by atoms with E-state index in [1.54, 1.807) is 48.5 Å². The van der Waals surface area contributed by atoms with Gasteiger partial charge in [0.25, 0.3) is 5.91 Å². The number of amides is 1. The zero-order valence-electron chi connectivity index (χ0n) is 14.9. The Hall–Kier alpha value is -3.72. The predicted octanol–water partition coefficient (Wildman–Crippen LogP) is 0.338. The van der Waals surface area contributed by atoms with Crippen LogP contribution in [0.4, 0.5) is 5.69 Å². The maximum atomic E-state index is 13.1. The molecule has 3 rings (SSSR count). The van der Waals surface area contributed by atoms with Crippen LogP contribution in [0, 0.1) is 0 Å². The fourth-order valence-electron chi connectivity index (χ4n) is 3.12. The van der Waals surface area contributed by atoms with E-state index in [0.717, 1.165) is 9.91 Å². The van der Waals surface area contributed by atoms with Gasteiger partial charge in [-0.2, -0.15) is 5.10 Å². The Kier molecular flexibility index (Phi) is 5.37. The lowest BCUT2D eigenvalue weighted by molar-refractivity contribution is -0.144. The molecule has 9 heteroatoms. The Labute approximate surface area is 160 Å². The van der Waals surface area contributed by atoms with Crippen LogP contribution in [0.5, 0.6) is 0 Å². The highest BCUT2D eigenvalue weighted by molar-refractivity contribution is 6.16. The molecule has 28 heavy (non-hydrogen) atoms. The standard InChI is InChI=1S/C19H19N5O4/c20-22-9-12-5-7-13(8-6-12)18(27)17-19(28)23(11-16(25)26)10-14-3-1-2-4-15(14)24(17)21/h1-9,17H,10-11,20-21H2,(H,25,26). The molecule has 2 aromatic rings. The van der Waals surface area contributed by atoms with Crippen LogP contribution in [-0.2, 0) is 16.1 Å². The average molecular weight is 381 g/mol. The molecule has 2 aromatic carbocycles. The highest BCUT2D eigenvalue weighted by Gasteiger charge is 2.39. The number of fused-ring (bicyclic) bond motifs is 1. The molecule has 1 atom stereocenters. The molecule has 1 amide bonds. The maximum Gasteiger partial charge on any atom is 0.323 e. The molecule has 1 heterocycles. The first-order valence-electron chi connectivity index (χ1n) is 8.42. The fourth-order valence-corrected chi connectivity index (χ4v) is 3.12. The first-order chi connectivity index (χ1) is 13.4. The second-order valence-electron chi connectivity index (χ2n) is 6.29. The molecule has 9 nitrogen and oxygen atoms in total. The second-order valence-corrected chi connectivity index (χ2v) is 6.29. The summed E-state index contributed by atoms with van der Waals surface area (Å²) in [5.74, 6) is 8.91. The smallest absolute Gasteiger partial charge is 0.323 e. The largest absolute Gasteiger partial charge is 0.480 e. The molecule has 0 bridgehead atoms. The molecule has 144 valence electrons. The van der Waals surface area contributed by atoms with Crippen molar-refractivity contribution in [3.8, 4) is 0 Å². The van der Waals surface area contributed by atoms with Crippen LogP contribution < -0.4 is 16.7 Å². The van der Waals surface area contributed by atoms with Gasteiger partial charge in [0, 0.05) is 12.1 Å². The van der Waals surface area contributed by atoms with E-state index in [0.29, 0.717) is 16.8 Å². The Morgan fingerprint density at radius 1 is 1.18 bits per heavy atom. The summed E-state index contributed by atoms with van der Waals surface area (Å²) in [4.78, 5) is 38.5. The van der Waals surface area contributed by atoms with E-state index < -0.39 is 30.2 Å². The molecule has 0 spiro atoms. The van der Waals surface area contributed by atoms with Gasteiger partial charge in [-0.05, 0) is 17.2 Å². The molecule has 0 saturated carbocycles. The highest BCUT2D eigenvalue weighted by Crippen LogP contribution is 2.27. The van der Waals surface area contributed by atoms with Crippen LogP contribution >= 0.6 is 0 Å². The lowest BCUT2D eigenvalue weighted by Crippen LogP contribution is -2.55. The van der Waals surface area contributed by atoms with Crippen LogP contribution in [-0.4, -0.2) is 46.5 Å². The average Bonchev–Trinajstić information content (AvgIpc) is 2.77. The van der Waals surface area contributed by atoms with E-state index in [-0.39, 0.29) is 12.1 Å². The van der Waals surface area contributed by atoms with E-state index in [4.69, 9.17) is 16.8 Å². The van der Waals surface area contributed by atoms with Gasteiger partial charge in [-0.1, -0.05) is 42.5 Å². The Balaban J connectivity index is 2.02. The van der Waals surface area contributed by atoms with Gasteiger partial charge in [-0.3, -0.25) is 19.4 Å². The van der Waals surface area contributed by atoms with Gasteiger partial charge in [0.2, 0.25) is 0 Å². The Bertz CT molecular complexity index is 942. The van der Waals surface area contributed by atoms with Gasteiger partial charge in [-0.25, -0.2) is 5.84 Å². The number of benzene rings is 2. The SMILES string of the molecule is NN=Cc1ccc(C(=O)C2C(=O)N(CC(=O)O)Cc3ccccc3N2N)cc1. The van der Waals surface area contributed by atoms with E-state index >= 15 is 0 Å². The molecular formula is C19H19N5O4. The number of rotatable bonds is 5. The summed E-state index contributed by atoms with van der Waals surface area (Å²) in [5, 5.41) is 13.7. The number of nitrogens with two attached hydrogens (primary N) is 2. The van der Waals surface area contributed by atoms with Crippen molar-refractivity contribution in [1.29, 1.82) is 0 Å². The quantitative estimate of drug-likeness (QED) is 0.223. The van der Waals surface area contributed by atoms with Crippen molar-refractivity contribution in [3.63, 3.8) is 0 Å². The number of Topliss-reactive ketones (excluding diaryl/α,β-unsaturated/α-hetero) is 1. The van der Waals surface area contributed by atoms with Gasteiger partial charge in [0.05, 0.1) is 11.9 Å². The van der Waals surface area contributed by atoms with E-state index in [9.17, 15) is 14.4 Å². The summed E-state index contributed by atoms with van der Waals surface area (Å²) in [7, 11) is 0. The third kappa shape index (κ3) is 3.69. The van der Waals surface area contributed by atoms with Crippen molar-refractivity contribution in [2.45, 2.75) is 12.6 Å². The number of anilines is 1. The molecule has 0 saturated heterocycles. The molecule has 0 fully saturated rings. The monoisotopic (exact) mass is 381 g/mol. The molecule has 0 aliphatic carbocycles. The number of carbonyl (C=O) groups excluding carboxylic acids is 2. The second kappa shape index (κ2) is 7.89. The number of hydrazine groups is 1. The van der Waals surface area contributed by atoms with Crippen molar-refractivity contribution in [1.82, 2.24) is 4.90 Å². The number of hydrogen-bond acceptors (Lipinski definition) is 7. The highest BCUT2D eigenvalue weighted by atomic mass is 16.4. The third-order valence-corrected chi connectivity index (χ3v) is 4.45. The molecule has 0 radical (unpaired) electrons. The van der Waals surface area contributed by atoms with Crippen molar-refractivity contribution in [3.05, 3.63) is 65.2 Å². The Morgan fingerprint density at radius 2 is 1.86 bits per heavy atom. The van der Waals surface area contributed by atoms with Crippen molar-refractivity contribution < 1.29 is 19.5 Å². The minimum atomic E-state index is -1.38. The molecule has 0 aromatic heterocycles. The number of hydrogen-bond donors (Lipinski definition) is 3. The zero-order valence-corrected chi connectivity index (χ0v) is 14.9. The van der Waals surface area contributed by atoms with Crippen molar-refractivity contribution >= 4 is 29.6 Å². The van der Waals surface area contributed by atoms with Gasteiger partial charge < -0.3 is 15.8 Å². The van der Waals surface area contributed by atoms with Gasteiger partial charge in [0.1, 0.15) is 6.54 Å². The van der Waals surface area contributed by atoms with Crippen LogP contribution in [0.3, 0.4) is 0 Å². The number of carboxylic acid groups (broad SMARTS) is 1. The van der Waals surface area contributed by atoms with Crippen LogP contribution in [0.1, 0.15) is 21.5 Å². The number of ketones is 1. The van der Waals surface area contributed by atoms with Gasteiger partial charge >= 0.3 is 5.97 Å². The summed E-state index contributed by atoms with van der Waals surface area (Å²) >= 11 is 0. The van der Waals surface area contributed by atoms with Crippen molar-refractivity contribution in [2.24, 2.45) is 16.8 Å². The molecular weight excluding hydrogens is 362 g/mol. The first-order valence-corrected chi connectivity index (χ1v) is 8.42. The van der Waals surface area contributed by atoms with E-state index in [2.05, 4.69) is 5.10 Å². The number of carbonyl (C=O) groups is 3. The lowest BCUT2D eigenvalue weighted by Gasteiger charge is -2.27. The minimum Gasteiger partial charge on any atom is -0.480 e. The molecule has 1 aliphatic rings. The molecule has 1 unspecified atom stereocenters. The topological polar surface area (TPSA) is 142 Å². The third-order valence-electron chi connectivity index (χ3n) is 4.45. The minimum absolute atomic E-state index is 0.0463. The maximum absolute atomic E-state index is 13.1. The fraction of sp³-hybridized carbons (Fsp3) is 0.158. The van der Waals surface area contributed by atoms with Crippen molar-refractivity contribution in [2.75, 3.05) is 11.6 Å². The summed E-state index contributed by atoms with van der Waals surface area (Å²) < 4.78 is 0. The van der Waals surface area contributed by atoms with E-state index in [1.807, 2.05) is 0 Å². The number of carboxylic acids is 1. The number of nitrogens with zero attached hydrogens (tertiary/aromatic N) is 3. The number of para-hydroxylation sites is 1. The van der Waals surface area contributed by atoms with Gasteiger partial charge in [-0.15, -0.1) is 0 Å². The van der Waals surface area contributed by atoms with Crippen LogP contribution in [0.25, 0.3) is 0 Å². The number of aliphatic carboxylic acids is 1. The summed E-state index contributed by atoms with van der Waals surface area (Å²) in [6.45, 7) is -0.485. The van der Waals surface area contributed by atoms with E-state index in [1.165, 1.54) is 6.21 Å². The summed E-state index contributed by atoms with van der Waals surface area (Å²) in [6.07, 6.45) is 1.42. The normalized spacial score (nSPS) is 16.8. The van der Waals surface area contributed by atoms with Crippen LogP contribution in [0.2, 0.25) is 0 Å². The summed E-state index contributed by atoms with van der Waals surface area (Å²) in [6, 6.07) is 11.9. The lowest BCUT2D eigenvalue weighted by atomic mass is 10.0. The zero-order chi connectivity index (χ0) is 20.3. The first kappa shape index (κ1) is 19.1. The molecule has 1 aliphatic heterocycles. The molecule has 5 N–H and O–H groups in total. The van der Waals surface area contributed by atoms with Gasteiger partial charge in [0.15, 0.2) is 11.8 Å². The number of hydrazone groups is 1. The predicted molar refractivity (Wildman–Crippen MR) is 103 cm³/mol.